The minimum Gasteiger partial charge on any atom is -0.337 e. The summed E-state index contributed by atoms with van der Waals surface area (Å²) in [5, 5.41) is 3.70. The summed E-state index contributed by atoms with van der Waals surface area (Å²) >= 11 is 6.28. The Kier molecular flexibility index (Phi) is 4.26. The van der Waals surface area contributed by atoms with Crippen molar-refractivity contribution in [2.24, 2.45) is 0 Å². The fraction of sp³-hybridized carbons (Fsp3) is 0.278. The van der Waals surface area contributed by atoms with E-state index in [-0.39, 0.29) is 17.3 Å². The highest BCUT2D eigenvalue weighted by atomic mass is 35.5. The van der Waals surface area contributed by atoms with Crippen molar-refractivity contribution in [1.82, 2.24) is 5.32 Å². The summed E-state index contributed by atoms with van der Waals surface area (Å²) in [6.07, 6.45) is 2.02. The summed E-state index contributed by atoms with van der Waals surface area (Å²) in [7, 11) is 1.66. The predicted octanol–water partition coefficient (Wildman–Crippen LogP) is 4.36. The van der Waals surface area contributed by atoms with Gasteiger partial charge in [0.15, 0.2) is 0 Å². The van der Waals surface area contributed by atoms with Crippen molar-refractivity contribution in [2.75, 3.05) is 18.5 Å². The molecule has 0 radical (unpaired) electrons. The molecule has 2 aromatic rings. The molecule has 0 heterocycles. The number of hydrogen-bond acceptors (Lipinski definition) is 1. The van der Waals surface area contributed by atoms with Crippen molar-refractivity contribution in [3.05, 3.63) is 64.9 Å². The minimum absolute atomic E-state index is 0.0579. The number of carbonyl (C=O) groups is 1. The van der Waals surface area contributed by atoms with Crippen molar-refractivity contribution in [2.45, 2.75) is 18.3 Å². The largest absolute Gasteiger partial charge is 0.337 e. The number of rotatable bonds is 4. The first-order valence-electron chi connectivity index (χ1n) is 7.54. The number of amides is 2. The van der Waals surface area contributed by atoms with Crippen LogP contribution < -0.4 is 10.2 Å². The van der Waals surface area contributed by atoms with E-state index in [0.717, 1.165) is 23.4 Å². The van der Waals surface area contributed by atoms with Crippen molar-refractivity contribution < 1.29 is 9.18 Å². The third kappa shape index (κ3) is 3.32. The quantitative estimate of drug-likeness (QED) is 0.886. The summed E-state index contributed by atoms with van der Waals surface area (Å²) in [6, 6.07) is 13.4. The van der Waals surface area contributed by atoms with Crippen LogP contribution in [0.25, 0.3) is 0 Å². The molecule has 0 saturated heterocycles. The Bertz CT molecular complexity index is 713. The molecule has 0 aliphatic heterocycles. The van der Waals surface area contributed by atoms with Crippen LogP contribution in [0.15, 0.2) is 48.5 Å². The molecule has 120 valence electrons. The van der Waals surface area contributed by atoms with Crippen LogP contribution in [-0.2, 0) is 5.41 Å². The summed E-state index contributed by atoms with van der Waals surface area (Å²) < 4.78 is 13.0. The molecule has 1 fully saturated rings. The monoisotopic (exact) mass is 332 g/mol. The Morgan fingerprint density at radius 1 is 1.22 bits per heavy atom. The van der Waals surface area contributed by atoms with Crippen LogP contribution >= 0.6 is 11.6 Å². The normalized spacial score (nSPS) is 15.1. The molecule has 0 aromatic heterocycles. The van der Waals surface area contributed by atoms with Crippen LogP contribution in [0.4, 0.5) is 14.9 Å². The smallest absolute Gasteiger partial charge is 0.321 e. The number of nitrogens with one attached hydrogen (secondary N) is 1. The van der Waals surface area contributed by atoms with E-state index in [1.165, 1.54) is 17.0 Å². The standard InChI is InChI=1S/C18H18ClFN2O/c1-22(14-8-6-13(20)7-9-14)17(23)21-12-18(10-11-18)15-4-2-3-5-16(15)19/h2-9H,10-12H2,1H3,(H,21,23). The molecule has 1 N–H and O–H groups in total. The van der Waals surface area contributed by atoms with Crippen LogP contribution in [0.2, 0.25) is 5.02 Å². The molecular formula is C18H18ClFN2O. The first kappa shape index (κ1) is 15.8. The van der Waals surface area contributed by atoms with Gasteiger partial charge in [-0.2, -0.15) is 0 Å². The zero-order chi connectivity index (χ0) is 16.4. The summed E-state index contributed by atoms with van der Waals surface area (Å²) in [4.78, 5) is 13.8. The van der Waals surface area contributed by atoms with Gasteiger partial charge >= 0.3 is 6.03 Å². The maximum atomic E-state index is 13.0. The van der Waals surface area contributed by atoms with Crippen molar-refractivity contribution in [3.63, 3.8) is 0 Å². The van der Waals surface area contributed by atoms with Gasteiger partial charge in [0.05, 0.1) is 0 Å². The lowest BCUT2D eigenvalue weighted by Gasteiger charge is -2.22. The second-order valence-corrected chi connectivity index (χ2v) is 6.36. The molecule has 1 aliphatic rings. The molecule has 1 saturated carbocycles. The van der Waals surface area contributed by atoms with Crippen LogP contribution in [-0.4, -0.2) is 19.6 Å². The molecule has 0 spiro atoms. The Hall–Kier alpha value is -2.07. The van der Waals surface area contributed by atoms with Gasteiger partial charge < -0.3 is 5.32 Å². The van der Waals surface area contributed by atoms with E-state index in [4.69, 9.17) is 11.6 Å². The molecule has 0 bridgehead atoms. The van der Waals surface area contributed by atoms with Crippen LogP contribution in [0.3, 0.4) is 0 Å². The van der Waals surface area contributed by atoms with Crippen molar-refractivity contribution in [1.29, 1.82) is 0 Å². The SMILES string of the molecule is CN(C(=O)NCC1(c2ccccc2Cl)CC1)c1ccc(F)cc1. The zero-order valence-electron chi connectivity index (χ0n) is 12.9. The minimum atomic E-state index is -0.321. The van der Waals surface area contributed by atoms with Gasteiger partial charge in [-0.25, -0.2) is 9.18 Å². The van der Waals surface area contributed by atoms with Crippen LogP contribution in [0.5, 0.6) is 0 Å². The number of anilines is 1. The topological polar surface area (TPSA) is 32.3 Å². The van der Waals surface area contributed by atoms with E-state index < -0.39 is 0 Å². The average Bonchev–Trinajstić information content (AvgIpc) is 3.34. The number of benzene rings is 2. The average molecular weight is 333 g/mol. The number of urea groups is 1. The van der Waals surface area contributed by atoms with E-state index in [1.54, 1.807) is 19.2 Å². The van der Waals surface area contributed by atoms with Crippen LogP contribution in [0, 0.1) is 5.82 Å². The third-order valence-electron chi connectivity index (χ3n) is 4.40. The molecule has 3 rings (SSSR count). The second-order valence-electron chi connectivity index (χ2n) is 5.95. The van der Waals surface area contributed by atoms with Crippen LogP contribution in [0.1, 0.15) is 18.4 Å². The van der Waals surface area contributed by atoms with Crippen molar-refractivity contribution >= 4 is 23.3 Å². The zero-order valence-corrected chi connectivity index (χ0v) is 13.6. The summed E-state index contributed by atoms with van der Waals surface area (Å²) in [6.45, 7) is 0.543. The molecule has 3 nitrogen and oxygen atoms in total. The summed E-state index contributed by atoms with van der Waals surface area (Å²) in [5.41, 5.74) is 1.68. The highest BCUT2D eigenvalue weighted by Crippen LogP contribution is 2.49. The molecule has 1 aliphatic carbocycles. The first-order chi connectivity index (χ1) is 11.0. The maximum absolute atomic E-state index is 13.0. The lowest BCUT2D eigenvalue weighted by atomic mass is 9.96. The molecule has 0 atom stereocenters. The van der Waals surface area contributed by atoms with Gasteiger partial charge in [-0.3, -0.25) is 4.90 Å². The van der Waals surface area contributed by atoms with Gasteiger partial charge in [-0.15, -0.1) is 0 Å². The molecule has 5 heteroatoms. The number of halogens is 2. The second kappa shape index (κ2) is 6.20. The lowest BCUT2D eigenvalue weighted by Crippen LogP contribution is -2.41. The van der Waals surface area contributed by atoms with E-state index in [9.17, 15) is 9.18 Å². The van der Waals surface area contributed by atoms with E-state index in [2.05, 4.69) is 5.32 Å². The molecule has 0 unspecified atom stereocenters. The highest BCUT2D eigenvalue weighted by Gasteiger charge is 2.45. The molecule has 23 heavy (non-hydrogen) atoms. The van der Waals surface area contributed by atoms with Crippen molar-refractivity contribution in [3.8, 4) is 0 Å². The Labute approximate surface area is 140 Å². The van der Waals surface area contributed by atoms with Gasteiger partial charge in [0, 0.05) is 29.7 Å². The van der Waals surface area contributed by atoms with E-state index in [0.29, 0.717) is 12.2 Å². The fourth-order valence-corrected chi connectivity index (χ4v) is 3.07. The van der Waals surface area contributed by atoms with Gasteiger partial charge in [-0.1, -0.05) is 29.8 Å². The molecule has 2 aromatic carbocycles. The predicted molar refractivity (Wildman–Crippen MR) is 90.6 cm³/mol. The number of carbonyl (C=O) groups excluding carboxylic acids is 1. The third-order valence-corrected chi connectivity index (χ3v) is 4.72. The van der Waals surface area contributed by atoms with Gasteiger partial charge in [0.25, 0.3) is 0 Å². The van der Waals surface area contributed by atoms with Gasteiger partial charge in [-0.05, 0) is 48.7 Å². The molecule has 2 amide bonds. The van der Waals surface area contributed by atoms with E-state index in [1.807, 2.05) is 24.3 Å². The number of hydrogen-bond donors (Lipinski definition) is 1. The number of nitrogens with zero attached hydrogens (tertiary/aromatic N) is 1. The molecular weight excluding hydrogens is 315 g/mol. The van der Waals surface area contributed by atoms with E-state index >= 15 is 0 Å². The first-order valence-corrected chi connectivity index (χ1v) is 7.92. The Balaban J connectivity index is 1.65. The Morgan fingerprint density at radius 2 is 1.87 bits per heavy atom. The summed E-state index contributed by atoms with van der Waals surface area (Å²) in [5.74, 6) is -0.321. The maximum Gasteiger partial charge on any atom is 0.321 e. The Morgan fingerprint density at radius 3 is 2.48 bits per heavy atom. The van der Waals surface area contributed by atoms with Gasteiger partial charge in [0.2, 0.25) is 0 Å². The lowest BCUT2D eigenvalue weighted by molar-refractivity contribution is 0.246. The van der Waals surface area contributed by atoms with Gasteiger partial charge in [0.1, 0.15) is 5.82 Å². The fourth-order valence-electron chi connectivity index (χ4n) is 2.73. The highest BCUT2D eigenvalue weighted by molar-refractivity contribution is 6.31.